The van der Waals surface area contributed by atoms with Crippen molar-refractivity contribution in [1.29, 1.82) is 0 Å². The van der Waals surface area contributed by atoms with Gasteiger partial charge in [0.05, 0.1) is 11.4 Å². The Balaban J connectivity index is 1.79. The number of hydrazine groups is 1. The van der Waals surface area contributed by atoms with Crippen molar-refractivity contribution in [3.63, 3.8) is 0 Å². The summed E-state index contributed by atoms with van der Waals surface area (Å²) >= 11 is 0. The molecule has 0 aliphatic rings. The van der Waals surface area contributed by atoms with E-state index < -0.39 is 28.4 Å². The third-order valence-corrected chi connectivity index (χ3v) is 5.82. The lowest BCUT2D eigenvalue weighted by Crippen LogP contribution is -2.48. The minimum absolute atomic E-state index is 0.0797. The molecular formula is C19H23N3O5S. The third kappa shape index (κ3) is 5.80. The van der Waals surface area contributed by atoms with Crippen LogP contribution in [-0.4, -0.2) is 44.7 Å². The number of carbonyl (C=O) groups excluding carboxylic acids is 2. The molecule has 2 aromatic carbocycles. The van der Waals surface area contributed by atoms with E-state index in [0.29, 0.717) is 5.75 Å². The average Bonchev–Trinajstić information content (AvgIpc) is 2.67. The number of rotatable bonds is 7. The van der Waals surface area contributed by atoms with Crippen LogP contribution in [0.15, 0.2) is 53.4 Å². The quantitative estimate of drug-likeness (QED) is 0.673. The molecule has 0 radical (unpaired) electrons. The zero-order chi connectivity index (χ0) is 20.7. The maximum absolute atomic E-state index is 12.4. The van der Waals surface area contributed by atoms with Gasteiger partial charge in [-0.2, -0.15) is 4.31 Å². The summed E-state index contributed by atoms with van der Waals surface area (Å²) in [4.78, 5) is 23.8. The van der Waals surface area contributed by atoms with Crippen LogP contribution >= 0.6 is 0 Å². The van der Waals surface area contributed by atoms with E-state index in [1.54, 1.807) is 24.3 Å². The largest absolute Gasteiger partial charge is 0.484 e. The van der Waals surface area contributed by atoms with E-state index in [4.69, 9.17) is 4.74 Å². The molecule has 0 atom stereocenters. The number of aryl methyl sites for hydroxylation is 2. The van der Waals surface area contributed by atoms with E-state index in [-0.39, 0.29) is 11.5 Å². The molecular weight excluding hydrogens is 382 g/mol. The van der Waals surface area contributed by atoms with Gasteiger partial charge in [0.25, 0.3) is 11.8 Å². The second-order valence-corrected chi connectivity index (χ2v) is 8.25. The predicted octanol–water partition coefficient (Wildman–Crippen LogP) is 1.15. The van der Waals surface area contributed by atoms with Crippen LogP contribution in [0.5, 0.6) is 5.75 Å². The van der Waals surface area contributed by atoms with Gasteiger partial charge < -0.3 is 4.74 Å². The molecule has 0 saturated heterocycles. The zero-order valence-electron chi connectivity index (χ0n) is 15.9. The van der Waals surface area contributed by atoms with Gasteiger partial charge in [-0.3, -0.25) is 20.4 Å². The number of nitrogens with one attached hydrogen (secondary N) is 2. The molecule has 0 aliphatic carbocycles. The summed E-state index contributed by atoms with van der Waals surface area (Å²) in [5.41, 5.74) is 6.51. The van der Waals surface area contributed by atoms with E-state index in [9.17, 15) is 18.0 Å². The number of hydrogen-bond donors (Lipinski definition) is 2. The lowest BCUT2D eigenvalue weighted by Gasteiger charge is -2.17. The summed E-state index contributed by atoms with van der Waals surface area (Å²) < 4.78 is 31.0. The highest BCUT2D eigenvalue weighted by molar-refractivity contribution is 7.89. The summed E-state index contributed by atoms with van der Waals surface area (Å²) in [5.74, 6) is -0.708. The molecule has 0 aliphatic heterocycles. The molecule has 9 heteroatoms. The fourth-order valence-corrected chi connectivity index (χ4v) is 3.38. The monoisotopic (exact) mass is 405 g/mol. The molecule has 0 heterocycles. The number of carbonyl (C=O) groups is 2. The maximum Gasteiger partial charge on any atom is 0.276 e. The SMILES string of the molecule is Cc1ccc(OCC(=O)NNC(=O)CN(C)S(=O)(=O)c2ccccc2)cc1C. The molecule has 2 rings (SSSR count). The number of benzene rings is 2. The molecule has 28 heavy (non-hydrogen) atoms. The Morgan fingerprint density at radius 1 is 0.964 bits per heavy atom. The van der Waals surface area contributed by atoms with Gasteiger partial charge >= 0.3 is 0 Å². The van der Waals surface area contributed by atoms with Gasteiger partial charge in [0.2, 0.25) is 10.0 Å². The minimum atomic E-state index is -3.79. The first-order valence-electron chi connectivity index (χ1n) is 8.49. The lowest BCUT2D eigenvalue weighted by atomic mass is 10.1. The van der Waals surface area contributed by atoms with Crippen LogP contribution in [-0.2, 0) is 19.6 Å². The standard InChI is InChI=1S/C19H23N3O5S/c1-14-9-10-16(11-15(14)2)27-13-19(24)21-20-18(23)12-22(3)28(25,26)17-7-5-4-6-8-17/h4-11H,12-13H2,1-3H3,(H,20,23)(H,21,24). The van der Waals surface area contributed by atoms with Crippen LogP contribution in [0.3, 0.4) is 0 Å². The number of nitrogens with zero attached hydrogens (tertiary/aromatic N) is 1. The van der Waals surface area contributed by atoms with Crippen molar-refractivity contribution in [3.05, 3.63) is 59.7 Å². The first kappa shape index (κ1) is 21.4. The third-order valence-electron chi connectivity index (χ3n) is 4.01. The summed E-state index contributed by atoms with van der Waals surface area (Å²) in [6, 6.07) is 13.2. The van der Waals surface area contributed by atoms with Gasteiger partial charge in [0.1, 0.15) is 5.75 Å². The van der Waals surface area contributed by atoms with Crippen molar-refractivity contribution in [1.82, 2.24) is 15.2 Å². The predicted molar refractivity (Wildman–Crippen MR) is 104 cm³/mol. The molecule has 0 saturated carbocycles. The Morgan fingerprint density at radius 2 is 1.61 bits per heavy atom. The van der Waals surface area contributed by atoms with E-state index in [1.165, 1.54) is 19.2 Å². The number of hydrogen-bond acceptors (Lipinski definition) is 5. The Bertz CT molecular complexity index is 945. The highest BCUT2D eigenvalue weighted by atomic mass is 32.2. The second-order valence-electron chi connectivity index (χ2n) is 6.21. The van der Waals surface area contributed by atoms with Crippen LogP contribution in [0, 0.1) is 13.8 Å². The van der Waals surface area contributed by atoms with E-state index >= 15 is 0 Å². The van der Waals surface area contributed by atoms with E-state index in [2.05, 4.69) is 10.9 Å². The van der Waals surface area contributed by atoms with Gasteiger partial charge in [0.15, 0.2) is 6.61 Å². The molecule has 2 N–H and O–H groups in total. The van der Waals surface area contributed by atoms with Gasteiger partial charge in [-0.05, 0) is 49.2 Å². The first-order valence-corrected chi connectivity index (χ1v) is 9.93. The Morgan fingerprint density at radius 3 is 2.25 bits per heavy atom. The molecule has 0 unspecified atom stereocenters. The van der Waals surface area contributed by atoms with Crippen LogP contribution < -0.4 is 15.6 Å². The highest BCUT2D eigenvalue weighted by Crippen LogP contribution is 2.16. The van der Waals surface area contributed by atoms with Crippen molar-refractivity contribution < 1.29 is 22.7 Å². The van der Waals surface area contributed by atoms with Crippen LogP contribution in [0.25, 0.3) is 0 Å². The van der Waals surface area contributed by atoms with Crippen LogP contribution in [0.4, 0.5) is 0 Å². The van der Waals surface area contributed by atoms with Crippen molar-refractivity contribution >= 4 is 21.8 Å². The number of likely N-dealkylation sites (N-methyl/N-ethyl adjacent to an activating group) is 1. The molecule has 2 aromatic rings. The molecule has 8 nitrogen and oxygen atoms in total. The van der Waals surface area contributed by atoms with Gasteiger partial charge in [-0.15, -0.1) is 0 Å². The average molecular weight is 405 g/mol. The molecule has 0 bridgehead atoms. The fourth-order valence-electron chi connectivity index (χ4n) is 2.23. The normalized spacial score (nSPS) is 11.1. The van der Waals surface area contributed by atoms with Crippen molar-refractivity contribution in [2.24, 2.45) is 0 Å². The van der Waals surface area contributed by atoms with Crippen LogP contribution in [0.1, 0.15) is 11.1 Å². The molecule has 0 fully saturated rings. The smallest absolute Gasteiger partial charge is 0.276 e. The minimum Gasteiger partial charge on any atom is -0.484 e. The molecule has 0 aromatic heterocycles. The molecule has 0 spiro atoms. The first-order chi connectivity index (χ1) is 13.2. The van der Waals surface area contributed by atoms with Crippen LogP contribution in [0.2, 0.25) is 0 Å². The highest BCUT2D eigenvalue weighted by Gasteiger charge is 2.22. The van der Waals surface area contributed by atoms with Gasteiger partial charge in [-0.1, -0.05) is 24.3 Å². The Labute approximate surface area is 164 Å². The number of amides is 2. The number of ether oxygens (including phenoxy) is 1. The van der Waals surface area contributed by atoms with E-state index in [1.807, 2.05) is 26.0 Å². The Kier molecular flexibility index (Phi) is 7.13. The van der Waals surface area contributed by atoms with Crippen molar-refractivity contribution in [2.45, 2.75) is 18.7 Å². The summed E-state index contributed by atoms with van der Waals surface area (Å²) in [6.07, 6.45) is 0. The van der Waals surface area contributed by atoms with Gasteiger partial charge in [0, 0.05) is 7.05 Å². The van der Waals surface area contributed by atoms with Crippen molar-refractivity contribution in [2.75, 3.05) is 20.2 Å². The van der Waals surface area contributed by atoms with Crippen molar-refractivity contribution in [3.8, 4) is 5.75 Å². The Hall–Kier alpha value is -2.91. The van der Waals surface area contributed by atoms with E-state index in [0.717, 1.165) is 15.4 Å². The summed E-state index contributed by atoms with van der Waals surface area (Å²) in [5, 5.41) is 0. The molecule has 2 amide bonds. The summed E-state index contributed by atoms with van der Waals surface area (Å²) in [7, 11) is -2.51. The second kappa shape index (κ2) is 9.34. The maximum atomic E-state index is 12.4. The molecule has 150 valence electrons. The topological polar surface area (TPSA) is 105 Å². The lowest BCUT2D eigenvalue weighted by molar-refractivity contribution is -0.130. The zero-order valence-corrected chi connectivity index (χ0v) is 16.7. The number of sulfonamides is 1. The summed E-state index contributed by atoms with van der Waals surface area (Å²) in [6.45, 7) is 3.16. The fraction of sp³-hybridized carbons (Fsp3) is 0.263. The van der Waals surface area contributed by atoms with Gasteiger partial charge in [-0.25, -0.2) is 8.42 Å².